The Hall–Kier alpha value is 0.270. The number of hydrogen-bond donors (Lipinski definition) is 1. The van der Waals surface area contributed by atoms with Gasteiger partial charge in [0.1, 0.15) is 0 Å². The Bertz CT molecular complexity index is 154. The first-order valence-corrected chi connectivity index (χ1v) is 6.87. The lowest BCUT2D eigenvalue weighted by Crippen LogP contribution is -2.43. The third-order valence-electron chi connectivity index (χ3n) is 2.97. The highest BCUT2D eigenvalue weighted by Gasteiger charge is 2.23. The van der Waals surface area contributed by atoms with Crippen molar-refractivity contribution < 1.29 is 5.11 Å². The number of piperidine rings is 1. The van der Waals surface area contributed by atoms with Crippen LogP contribution in [0.3, 0.4) is 0 Å². The maximum absolute atomic E-state index is 9.70. The van der Waals surface area contributed by atoms with Crippen LogP contribution in [0.5, 0.6) is 0 Å². The van der Waals surface area contributed by atoms with Gasteiger partial charge in [-0.1, -0.05) is 13.8 Å². The summed E-state index contributed by atoms with van der Waals surface area (Å²) in [7, 11) is 0. The van der Waals surface area contributed by atoms with E-state index in [0.717, 1.165) is 19.5 Å². The average molecular weight is 217 g/mol. The molecular weight excluding hydrogens is 194 g/mol. The fourth-order valence-corrected chi connectivity index (χ4v) is 2.47. The molecule has 0 spiro atoms. The molecule has 1 N–H and O–H groups in total. The van der Waals surface area contributed by atoms with E-state index in [1.54, 1.807) is 0 Å². The third-order valence-corrected chi connectivity index (χ3v) is 3.96. The van der Waals surface area contributed by atoms with E-state index in [1.165, 1.54) is 24.5 Å². The van der Waals surface area contributed by atoms with E-state index in [9.17, 15) is 5.11 Å². The molecule has 2 nitrogen and oxygen atoms in total. The van der Waals surface area contributed by atoms with Crippen LogP contribution in [0.4, 0.5) is 0 Å². The highest BCUT2D eigenvalue weighted by atomic mass is 32.2. The number of rotatable bonds is 5. The Balaban J connectivity index is 2.07. The first-order valence-electron chi connectivity index (χ1n) is 5.72. The van der Waals surface area contributed by atoms with Gasteiger partial charge in [-0.05, 0) is 43.4 Å². The number of likely N-dealkylation sites (tertiary alicyclic amines) is 1. The summed E-state index contributed by atoms with van der Waals surface area (Å²) in [6, 6.07) is 0. The van der Waals surface area contributed by atoms with Crippen LogP contribution < -0.4 is 0 Å². The maximum atomic E-state index is 9.70. The monoisotopic (exact) mass is 217 g/mol. The van der Waals surface area contributed by atoms with Crippen LogP contribution in [-0.2, 0) is 0 Å². The van der Waals surface area contributed by atoms with Crippen molar-refractivity contribution in [3.63, 3.8) is 0 Å². The second kappa shape index (κ2) is 6.70. The summed E-state index contributed by atoms with van der Waals surface area (Å²) in [6.07, 6.45) is 2.32. The molecule has 1 rings (SSSR count). The fraction of sp³-hybridized carbons (Fsp3) is 1.00. The molecule has 14 heavy (non-hydrogen) atoms. The molecule has 1 aliphatic heterocycles. The summed E-state index contributed by atoms with van der Waals surface area (Å²) in [6.45, 7) is 7.58. The van der Waals surface area contributed by atoms with Gasteiger partial charge in [-0.25, -0.2) is 0 Å². The average Bonchev–Trinajstić information content (AvgIpc) is 2.18. The molecule has 3 heteroatoms. The Morgan fingerprint density at radius 2 is 2.29 bits per heavy atom. The Morgan fingerprint density at radius 1 is 1.50 bits per heavy atom. The number of thioether (sulfide) groups is 1. The van der Waals surface area contributed by atoms with Crippen LogP contribution in [0.2, 0.25) is 0 Å². The van der Waals surface area contributed by atoms with Crippen LogP contribution >= 0.6 is 11.8 Å². The van der Waals surface area contributed by atoms with Crippen molar-refractivity contribution >= 4 is 11.8 Å². The standard InChI is InChI=1S/C11H23NOS/c1-3-14-8-4-6-12-7-5-10(2)11(13)9-12/h10-11,13H,3-9H2,1-2H3. The van der Waals surface area contributed by atoms with Gasteiger partial charge in [-0.15, -0.1) is 0 Å². The Morgan fingerprint density at radius 3 is 2.93 bits per heavy atom. The van der Waals surface area contributed by atoms with Gasteiger partial charge in [0.15, 0.2) is 0 Å². The molecule has 0 bridgehead atoms. The largest absolute Gasteiger partial charge is 0.392 e. The van der Waals surface area contributed by atoms with E-state index in [-0.39, 0.29) is 6.10 Å². The number of hydrogen-bond acceptors (Lipinski definition) is 3. The molecule has 0 amide bonds. The molecule has 1 saturated heterocycles. The van der Waals surface area contributed by atoms with Gasteiger partial charge in [0.25, 0.3) is 0 Å². The summed E-state index contributed by atoms with van der Waals surface area (Å²) >= 11 is 2.01. The molecule has 2 unspecified atom stereocenters. The second-order valence-electron chi connectivity index (χ2n) is 4.18. The summed E-state index contributed by atoms with van der Waals surface area (Å²) in [4.78, 5) is 2.40. The molecule has 0 saturated carbocycles. The molecule has 0 aliphatic carbocycles. The van der Waals surface area contributed by atoms with Crippen LogP contribution in [0.1, 0.15) is 26.7 Å². The van der Waals surface area contributed by atoms with E-state index in [2.05, 4.69) is 18.7 Å². The molecule has 0 aromatic carbocycles. The first-order chi connectivity index (χ1) is 6.74. The minimum atomic E-state index is -0.0948. The van der Waals surface area contributed by atoms with E-state index >= 15 is 0 Å². The first kappa shape index (κ1) is 12.3. The van der Waals surface area contributed by atoms with Crippen LogP contribution in [0.15, 0.2) is 0 Å². The van der Waals surface area contributed by atoms with E-state index < -0.39 is 0 Å². The normalized spacial score (nSPS) is 29.4. The SMILES string of the molecule is CCSCCCN1CCC(C)C(O)C1. The molecule has 1 fully saturated rings. The highest BCUT2D eigenvalue weighted by Crippen LogP contribution is 2.17. The summed E-state index contributed by atoms with van der Waals surface area (Å²) < 4.78 is 0. The zero-order valence-corrected chi connectivity index (χ0v) is 10.2. The van der Waals surface area contributed by atoms with Gasteiger partial charge in [-0.2, -0.15) is 11.8 Å². The highest BCUT2D eigenvalue weighted by molar-refractivity contribution is 7.99. The molecule has 0 aromatic rings. The van der Waals surface area contributed by atoms with Crippen molar-refractivity contribution in [3.8, 4) is 0 Å². The van der Waals surface area contributed by atoms with Crippen molar-refractivity contribution in [2.75, 3.05) is 31.1 Å². The van der Waals surface area contributed by atoms with Gasteiger partial charge >= 0.3 is 0 Å². The molecule has 0 radical (unpaired) electrons. The number of β-amino-alcohol motifs (C(OH)–C–C–N with tert-alkyl or cyclic N) is 1. The zero-order valence-electron chi connectivity index (χ0n) is 9.41. The maximum Gasteiger partial charge on any atom is 0.0693 e. The zero-order chi connectivity index (χ0) is 10.4. The van der Waals surface area contributed by atoms with Gasteiger partial charge in [0.05, 0.1) is 6.10 Å². The Labute approximate surface area is 92.1 Å². The van der Waals surface area contributed by atoms with Crippen LogP contribution in [0, 0.1) is 5.92 Å². The smallest absolute Gasteiger partial charge is 0.0693 e. The van der Waals surface area contributed by atoms with Crippen LogP contribution in [0.25, 0.3) is 0 Å². The molecular formula is C11H23NOS. The summed E-state index contributed by atoms with van der Waals surface area (Å²) in [5.74, 6) is 2.98. The van der Waals surface area contributed by atoms with Crippen molar-refractivity contribution in [2.45, 2.75) is 32.8 Å². The van der Waals surface area contributed by atoms with Gasteiger partial charge < -0.3 is 10.0 Å². The second-order valence-corrected chi connectivity index (χ2v) is 5.58. The predicted octanol–water partition coefficient (Wildman–Crippen LogP) is 1.83. The number of nitrogens with zero attached hydrogens (tertiary/aromatic N) is 1. The third kappa shape index (κ3) is 4.20. The fourth-order valence-electron chi connectivity index (χ4n) is 1.85. The van der Waals surface area contributed by atoms with Crippen molar-refractivity contribution in [2.24, 2.45) is 5.92 Å². The minimum absolute atomic E-state index is 0.0948. The van der Waals surface area contributed by atoms with Gasteiger partial charge in [0, 0.05) is 6.54 Å². The quantitative estimate of drug-likeness (QED) is 0.711. The molecule has 1 aliphatic rings. The van der Waals surface area contributed by atoms with E-state index in [1.807, 2.05) is 11.8 Å². The summed E-state index contributed by atoms with van der Waals surface area (Å²) in [5, 5.41) is 9.70. The van der Waals surface area contributed by atoms with Crippen LogP contribution in [-0.4, -0.2) is 47.3 Å². The topological polar surface area (TPSA) is 23.5 Å². The van der Waals surface area contributed by atoms with Crippen molar-refractivity contribution in [1.82, 2.24) is 4.90 Å². The van der Waals surface area contributed by atoms with Gasteiger partial charge in [0.2, 0.25) is 0 Å². The predicted molar refractivity (Wildman–Crippen MR) is 63.8 cm³/mol. The number of aliphatic hydroxyl groups excluding tert-OH is 1. The lowest BCUT2D eigenvalue weighted by molar-refractivity contribution is 0.0295. The minimum Gasteiger partial charge on any atom is -0.392 e. The number of aliphatic hydroxyl groups is 1. The molecule has 0 aromatic heterocycles. The van der Waals surface area contributed by atoms with E-state index in [4.69, 9.17) is 0 Å². The van der Waals surface area contributed by atoms with E-state index in [0.29, 0.717) is 5.92 Å². The van der Waals surface area contributed by atoms with Gasteiger partial charge in [-0.3, -0.25) is 0 Å². The van der Waals surface area contributed by atoms with Crippen molar-refractivity contribution in [3.05, 3.63) is 0 Å². The van der Waals surface area contributed by atoms with Crippen molar-refractivity contribution in [1.29, 1.82) is 0 Å². The summed E-state index contributed by atoms with van der Waals surface area (Å²) in [5.41, 5.74) is 0. The lowest BCUT2D eigenvalue weighted by Gasteiger charge is -2.34. The molecule has 1 heterocycles. The lowest BCUT2D eigenvalue weighted by atomic mass is 9.96. The molecule has 2 atom stereocenters. The molecule has 84 valence electrons. The Kier molecular flexibility index (Phi) is 5.90.